The summed E-state index contributed by atoms with van der Waals surface area (Å²) in [5.74, 6) is 0.0676. The first-order chi connectivity index (χ1) is 9.49. The van der Waals surface area contributed by atoms with Gasteiger partial charge in [-0.1, -0.05) is 0 Å². The van der Waals surface area contributed by atoms with Crippen LogP contribution in [-0.2, 0) is 14.4 Å². The molecule has 0 aliphatic carbocycles. The van der Waals surface area contributed by atoms with Gasteiger partial charge in [0.1, 0.15) is 0 Å². The van der Waals surface area contributed by atoms with Crippen molar-refractivity contribution in [2.75, 3.05) is 45.8 Å². The van der Waals surface area contributed by atoms with Crippen LogP contribution in [0.5, 0.6) is 0 Å². The summed E-state index contributed by atoms with van der Waals surface area (Å²) in [4.78, 5) is 40.5. The van der Waals surface area contributed by atoms with E-state index in [0.29, 0.717) is 39.3 Å². The third kappa shape index (κ3) is 3.27. The molecular weight excluding hydrogens is 260 g/mol. The van der Waals surface area contributed by atoms with Crippen LogP contribution in [0.1, 0.15) is 13.8 Å². The molecule has 0 spiro atoms. The van der Waals surface area contributed by atoms with Crippen LogP contribution in [0, 0.1) is 0 Å². The summed E-state index contributed by atoms with van der Waals surface area (Å²) >= 11 is 0. The quantitative estimate of drug-likeness (QED) is 0.669. The zero-order valence-electron chi connectivity index (χ0n) is 12.1. The third-order valence-electron chi connectivity index (χ3n) is 4.01. The number of hydrogen-bond donors (Lipinski definition) is 1. The number of hydrogen-bond acceptors (Lipinski definition) is 4. The molecule has 2 heterocycles. The van der Waals surface area contributed by atoms with E-state index in [4.69, 9.17) is 0 Å². The Labute approximate surface area is 118 Å². The summed E-state index contributed by atoms with van der Waals surface area (Å²) in [6, 6.07) is -0.287. The molecule has 0 saturated carbocycles. The highest BCUT2D eigenvalue weighted by molar-refractivity contribution is 5.84. The van der Waals surface area contributed by atoms with E-state index in [0.717, 1.165) is 0 Å². The average molecular weight is 282 g/mol. The summed E-state index contributed by atoms with van der Waals surface area (Å²) in [5.41, 5.74) is 0. The monoisotopic (exact) mass is 282 g/mol. The fraction of sp³-hybridized carbons (Fsp3) is 0.769. The smallest absolute Gasteiger partial charge is 0.239 e. The van der Waals surface area contributed by atoms with Crippen molar-refractivity contribution in [3.05, 3.63) is 0 Å². The van der Waals surface area contributed by atoms with Gasteiger partial charge in [0.25, 0.3) is 0 Å². The van der Waals surface area contributed by atoms with E-state index in [2.05, 4.69) is 5.32 Å². The van der Waals surface area contributed by atoms with Crippen LogP contribution >= 0.6 is 0 Å². The summed E-state index contributed by atoms with van der Waals surface area (Å²) in [5, 5.41) is 2.75. The number of rotatable bonds is 2. The maximum absolute atomic E-state index is 12.4. The Morgan fingerprint density at radius 1 is 1.10 bits per heavy atom. The van der Waals surface area contributed by atoms with Gasteiger partial charge in [0.15, 0.2) is 0 Å². The van der Waals surface area contributed by atoms with E-state index in [9.17, 15) is 14.4 Å². The van der Waals surface area contributed by atoms with Gasteiger partial charge in [-0.2, -0.15) is 0 Å². The lowest BCUT2D eigenvalue weighted by Crippen LogP contribution is -2.58. The Morgan fingerprint density at radius 2 is 1.70 bits per heavy atom. The SMILES string of the molecule is CC(=O)N1CCN(C(=O)C(C)N2CCNC(=O)C2)CC1. The molecule has 1 unspecified atom stereocenters. The molecule has 0 radical (unpaired) electrons. The Hall–Kier alpha value is -1.63. The summed E-state index contributed by atoms with van der Waals surface area (Å²) in [7, 11) is 0. The van der Waals surface area contributed by atoms with Gasteiger partial charge in [-0.3, -0.25) is 19.3 Å². The molecule has 112 valence electrons. The zero-order valence-corrected chi connectivity index (χ0v) is 12.1. The molecule has 20 heavy (non-hydrogen) atoms. The topological polar surface area (TPSA) is 73.0 Å². The summed E-state index contributed by atoms with van der Waals surface area (Å²) in [6.07, 6.45) is 0. The summed E-state index contributed by atoms with van der Waals surface area (Å²) in [6.45, 7) is 7.29. The van der Waals surface area contributed by atoms with Gasteiger partial charge in [-0.25, -0.2) is 0 Å². The molecule has 1 atom stereocenters. The van der Waals surface area contributed by atoms with Gasteiger partial charge in [0, 0.05) is 46.2 Å². The van der Waals surface area contributed by atoms with Crippen LogP contribution in [0.4, 0.5) is 0 Å². The van der Waals surface area contributed by atoms with E-state index in [-0.39, 0.29) is 30.3 Å². The molecule has 0 aromatic carbocycles. The molecule has 3 amide bonds. The second kappa shape index (κ2) is 6.21. The predicted molar refractivity (Wildman–Crippen MR) is 72.9 cm³/mol. The molecule has 0 bridgehead atoms. The number of nitrogens with zero attached hydrogens (tertiary/aromatic N) is 3. The molecule has 0 aromatic rings. The lowest BCUT2D eigenvalue weighted by molar-refractivity contribution is -0.143. The maximum atomic E-state index is 12.4. The number of piperazine rings is 2. The third-order valence-corrected chi connectivity index (χ3v) is 4.01. The first-order valence-electron chi connectivity index (χ1n) is 7.04. The van der Waals surface area contributed by atoms with Gasteiger partial charge in [-0.05, 0) is 6.92 Å². The minimum Gasteiger partial charge on any atom is -0.354 e. The van der Waals surface area contributed by atoms with Crippen LogP contribution < -0.4 is 5.32 Å². The standard InChI is InChI=1S/C13H22N4O3/c1-10(17-4-3-14-12(19)9-17)13(20)16-7-5-15(6-8-16)11(2)18/h10H,3-9H2,1-2H3,(H,14,19). The van der Waals surface area contributed by atoms with Gasteiger partial charge < -0.3 is 15.1 Å². The van der Waals surface area contributed by atoms with E-state index < -0.39 is 0 Å². The van der Waals surface area contributed by atoms with E-state index in [1.54, 1.807) is 16.7 Å². The van der Waals surface area contributed by atoms with Crippen molar-refractivity contribution in [2.24, 2.45) is 0 Å². The molecule has 2 fully saturated rings. The van der Waals surface area contributed by atoms with Crippen molar-refractivity contribution >= 4 is 17.7 Å². The number of carbonyl (C=O) groups excluding carboxylic acids is 3. The largest absolute Gasteiger partial charge is 0.354 e. The molecule has 2 aliphatic rings. The van der Waals surface area contributed by atoms with E-state index in [1.165, 1.54) is 0 Å². The summed E-state index contributed by atoms with van der Waals surface area (Å²) < 4.78 is 0. The minimum atomic E-state index is -0.287. The van der Waals surface area contributed by atoms with Crippen LogP contribution in [0.15, 0.2) is 0 Å². The van der Waals surface area contributed by atoms with Crippen molar-refractivity contribution in [3.63, 3.8) is 0 Å². The molecule has 2 rings (SSSR count). The molecule has 1 N–H and O–H groups in total. The van der Waals surface area contributed by atoms with Crippen LogP contribution in [0.2, 0.25) is 0 Å². The Kier molecular flexibility index (Phi) is 4.59. The number of amides is 3. The van der Waals surface area contributed by atoms with Crippen molar-refractivity contribution in [1.82, 2.24) is 20.0 Å². The molecule has 0 aromatic heterocycles. The van der Waals surface area contributed by atoms with Crippen molar-refractivity contribution < 1.29 is 14.4 Å². The lowest BCUT2D eigenvalue weighted by Gasteiger charge is -2.38. The van der Waals surface area contributed by atoms with Gasteiger partial charge in [0.2, 0.25) is 17.7 Å². The lowest BCUT2D eigenvalue weighted by atomic mass is 10.2. The molecule has 2 aliphatic heterocycles. The molecule has 7 heteroatoms. The first-order valence-corrected chi connectivity index (χ1v) is 7.04. The highest BCUT2D eigenvalue weighted by Gasteiger charge is 2.31. The molecule has 2 saturated heterocycles. The highest BCUT2D eigenvalue weighted by Crippen LogP contribution is 2.09. The fourth-order valence-electron chi connectivity index (χ4n) is 2.65. The molecule has 7 nitrogen and oxygen atoms in total. The van der Waals surface area contributed by atoms with Gasteiger partial charge in [0.05, 0.1) is 12.6 Å². The number of nitrogens with one attached hydrogen (secondary N) is 1. The van der Waals surface area contributed by atoms with E-state index in [1.807, 2.05) is 11.8 Å². The first kappa shape index (κ1) is 14.8. The van der Waals surface area contributed by atoms with Crippen molar-refractivity contribution in [1.29, 1.82) is 0 Å². The molecular formula is C13H22N4O3. The van der Waals surface area contributed by atoms with Crippen LogP contribution in [0.3, 0.4) is 0 Å². The second-order valence-electron chi connectivity index (χ2n) is 5.33. The van der Waals surface area contributed by atoms with Crippen LogP contribution in [0.25, 0.3) is 0 Å². The van der Waals surface area contributed by atoms with Crippen molar-refractivity contribution in [2.45, 2.75) is 19.9 Å². The van der Waals surface area contributed by atoms with E-state index >= 15 is 0 Å². The zero-order chi connectivity index (χ0) is 14.7. The van der Waals surface area contributed by atoms with Gasteiger partial charge >= 0.3 is 0 Å². The Morgan fingerprint density at radius 3 is 2.25 bits per heavy atom. The minimum absolute atomic E-state index is 0.0303. The highest BCUT2D eigenvalue weighted by atomic mass is 16.2. The number of carbonyl (C=O) groups is 3. The Bertz CT molecular complexity index is 404. The average Bonchev–Trinajstić information content (AvgIpc) is 2.46. The maximum Gasteiger partial charge on any atom is 0.239 e. The second-order valence-corrected chi connectivity index (χ2v) is 5.33. The van der Waals surface area contributed by atoms with Crippen molar-refractivity contribution in [3.8, 4) is 0 Å². The predicted octanol–water partition coefficient (Wildman–Crippen LogP) is -1.50. The van der Waals surface area contributed by atoms with Crippen LogP contribution in [-0.4, -0.2) is 84.3 Å². The normalized spacial score (nSPS) is 22.4. The fourth-order valence-corrected chi connectivity index (χ4v) is 2.65. The van der Waals surface area contributed by atoms with Gasteiger partial charge in [-0.15, -0.1) is 0 Å². The Balaban J connectivity index is 1.88.